The van der Waals surface area contributed by atoms with Crippen molar-refractivity contribution in [3.63, 3.8) is 0 Å². The molecule has 22 heavy (non-hydrogen) atoms. The zero-order valence-corrected chi connectivity index (χ0v) is 13.0. The first-order valence-corrected chi connectivity index (χ1v) is 8.94. The summed E-state index contributed by atoms with van der Waals surface area (Å²) in [4.78, 5) is 5.90. The minimum absolute atomic E-state index is 0.279. The molecule has 0 radical (unpaired) electrons. The number of halogens is 2. The lowest BCUT2D eigenvalue weighted by molar-refractivity contribution is 0.503. The van der Waals surface area contributed by atoms with E-state index in [0.29, 0.717) is 25.6 Å². The monoisotopic (exact) mass is 345 g/mol. The van der Waals surface area contributed by atoms with Crippen molar-refractivity contribution in [2.45, 2.75) is 17.4 Å². The normalized spacial score (nSPS) is 18.8. The van der Waals surface area contributed by atoms with Crippen LogP contribution in [0.15, 0.2) is 34.7 Å². The van der Waals surface area contributed by atoms with E-state index in [1.165, 1.54) is 11.3 Å². The lowest BCUT2D eigenvalue weighted by Gasteiger charge is -2.16. The van der Waals surface area contributed by atoms with E-state index >= 15 is 0 Å². The molecular weight excluding hydrogens is 332 g/mol. The van der Waals surface area contributed by atoms with Crippen molar-refractivity contribution in [2.75, 3.05) is 18.0 Å². The van der Waals surface area contributed by atoms with Crippen LogP contribution in [-0.4, -0.2) is 32.5 Å². The van der Waals surface area contributed by atoms with Crippen molar-refractivity contribution in [1.29, 1.82) is 0 Å². The Kier molecular flexibility index (Phi) is 4.11. The largest absolute Gasteiger partial charge is 0.346 e. The molecule has 1 aliphatic rings. The fourth-order valence-corrected chi connectivity index (χ4v) is 4.29. The highest BCUT2D eigenvalue weighted by Crippen LogP contribution is 2.23. The Bertz CT molecular complexity index is 766. The van der Waals surface area contributed by atoms with Crippen LogP contribution in [0.25, 0.3) is 0 Å². The molecule has 2 heterocycles. The summed E-state index contributed by atoms with van der Waals surface area (Å²) in [5.74, 6) is -2.26. The number of nitrogens with one attached hydrogen (secondary N) is 1. The fraction of sp³-hybridized carbons (Fsp3) is 0.308. The van der Waals surface area contributed by atoms with Crippen LogP contribution >= 0.6 is 11.3 Å². The molecule has 0 bridgehead atoms. The van der Waals surface area contributed by atoms with E-state index in [2.05, 4.69) is 9.71 Å². The number of rotatable bonds is 4. The molecule has 9 heteroatoms. The van der Waals surface area contributed by atoms with Crippen LogP contribution in [0.1, 0.15) is 6.42 Å². The number of benzene rings is 1. The Morgan fingerprint density at radius 2 is 2.14 bits per heavy atom. The second kappa shape index (κ2) is 5.90. The van der Waals surface area contributed by atoms with Crippen LogP contribution in [0.3, 0.4) is 0 Å². The van der Waals surface area contributed by atoms with Gasteiger partial charge in [-0.3, -0.25) is 0 Å². The van der Waals surface area contributed by atoms with E-state index in [1.54, 1.807) is 6.20 Å². The van der Waals surface area contributed by atoms with Gasteiger partial charge < -0.3 is 4.90 Å². The first kappa shape index (κ1) is 15.3. The molecule has 0 aliphatic carbocycles. The summed E-state index contributed by atoms with van der Waals surface area (Å²) < 4.78 is 53.0. The molecule has 1 aromatic heterocycles. The third-order valence-electron chi connectivity index (χ3n) is 3.40. The molecule has 3 rings (SSSR count). The molecule has 0 spiro atoms. The minimum atomic E-state index is -3.88. The maximum atomic E-state index is 13.2. The average Bonchev–Trinajstić information content (AvgIpc) is 3.11. The highest BCUT2D eigenvalue weighted by molar-refractivity contribution is 7.89. The Hall–Kier alpha value is -1.58. The van der Waals surface area contributed by atoms with Gasteiger partial charge in [0.05, 0.1) is 4.90 Å². The molecule has 1 fully saturated rings. The first-order valence-electron chi connectivity index (χ1n) is 6.57. The third kappa shape index (κ3) is 3.11. The van der Waals surface area contributed by atoms with Gasteiger partial charge in [0.15, 0.2) is 16.8 Å². The van der Waals surface area contributed by atoms with Gasteiger partial charge >= 0.3 is 0 Å². The van der Waals surface area contributed by atoms with E-state index in [-0.39, 0.29) is 10.9 Å². The number of thiazole rings is 1. The van der Waals surface area contributed by atoms with Gasteiger partial charge in [-0.1, -0.05) is 0 Å². The second-order valence-corrected chi connectivity index (χ2v) is 7.53. The lowest BCUT2D eigenvalue weighted by Crippen LogP contribution is -2.37. The van der Waals surface area contributed by atoms with Crippen LogP contribution in [0.2, 0.25) is 0 Å². The first-order chi connectivity index (χ1) is 10.5. The predicted octanol–water partition coefficient (Wildman–Crippen LogP) is 1.98. The number of aromatic nitrogens is 1. The van der Waals surface area contributed by atoms with Gasteiger partial charge in [-0.05, 0) is 24.6 Å². The summed E-state index contributed by atoms with van der Waals surface area (Å²) >= 11 is 1.49. The number of anilines is 1. The summed E-state index contributed by atoms with van der Waals surface area (Å²) in [7, 11) is -3.88. The summed E-state index contributed by atoms with van der Waals surface area (Å²) in [6, 6.07) is 2.25. The van der Waals surface area contributed by atoms with Gasteiger partial charge in [0.2, 0.25) is 10.0 Å². The van der Waals surface area contributed by atoms with Crippen molar-refractivity contribution in [2.24, 2.45) is 0 Å². The predicted molar refractivity (Wildman–Crippen MR) is 79.4 cm³/mol. The van der Waals surface area contributed by atoms with Crippen molar-refractivity contribution in [1.82, 2.24) is 9.71 Å². The quantitative estimate of drug-likeness (QED) is 0.920. The van der Waals surface area contributed by atoms with Crippen molar-refractivity contribution in [3.05, 3.63) is 41.4 Å². The summed E-state index contributed by atoms with van der Waals surface area (Å²) in [5, 5.41) is 2.70. The SMILES string of the molecule is O=S(=O)(NC1CCN(c2nccs2)C1)c1ccc(F)c(F)c1. The summed E-state index contributed by atoms with van der Waals surface area (Å²) in [6.45, 7) is 1.19. The van der Waals surface area contributed by atoms with Crippen LogP contribution in [0.5, 0.6) is 0 Å². The topological polar surface area (TPSA) is 62.3 Å². The average molecular weight is 345 g/mol. The van der Waals surface area contributed by atoms with Crippen LogP contribution < -0.4 is 9.62 Å². The summed E-state index contributed by atoms with van der Waals surface area (Å²) in [6.07, 6.45) is 2.32. The maximum Gasteiger partial charge on any atom is 0.240 e. The fourth-order valence-electron chi connectivity index (χ4n) is 2.33. The molecule has 2 aromatic rings. The number of hydrogen-bond acceptors (Lipinski definition) is 5. The zero-order chi connectivity index (χ0) is 15.7. The van der Waals surface area contributed by atoms with E-state index in [1.807, 2.05) is 10.3 Å². The van der Waals surface area contributed by atoms with Gasteiger partial charge in [0.25, 0.3) is 0 Å². The second-order valence-electron chi connectivity index (χ2n) is 4.94. The van der Waals surface area contributed by atoms with E-state index in [9.17, 15) is 17.2 Å². The Morgan fingerprint density at radius 1 is 1.32 bits per heavy atom. The molecule has 1 aliphatic heterocycles. The van der Waals surface area contributed by atoms with Gasteiger partial charge in [-0.15, -0.1) is 11.3 Å². The number of sulfonamides is 1. The van der Waals surface area contributed by atoms with E-state index in [4.69, 9.17) is 0 Å². The number of nitrogens with zero attached hydrogens (tertiary/aromatic N) is 2. The Morgan fingerprint density at radius 3 is 2.82 bits per heavy atom. The number of hydrogen-bond donors (Lipinski definition) is 1. The molecule has 5 nitrogen and oxygen atoms in total. The molecule has 1 aromatic carbocycles. The van der Waals surface area contributed by atoms with E-state index < -0.39 is 21.7 Å². The molecule has 1 unspecified atom stereocenters. The Labute approximate surface area is 130 Å². The van der Waals surface area contributed by atoms with E-state index in [0.717, 1.165) is 17.3 Å². The molecular formula is C13H13F2N3O2S2. The van der Waals surface area contributed by atoms with Gasteiger partial charge in [-0.2, -0.15) is 0 Å². The molecule has 1 atom stereocenters. The van der Waals surface area contributed by atoms with Gasteiger partial charge in [0.1, 0.15) is 0 Å². The molecule has 0 amide bonds. The molecule has 0 saturated carbocycles. The highest BCUT2D eigenvalue weighted by atomic mass is 32.2. The summed E-state index contributed by atoms with van der Waals surface area (Å²) in [5.41, 5.74) is 0. The molecule has 1 saturated heterocycles. The standard InChI is InChI=1S/C13H13F2N3O2S2/c14-11-2-1-10(7-12(11)15)22(19,20)17-9-3-5-18(8-9)13-16-4-6-21-13/h1-2,4,6-7,9,17H,3,5,8H2. The van der Waals surface area contributed by atoms with Crippen molar-refractivity contribution < 1.29 is 17.2 Å². The smallest absolute Gasteiger partial charge is 0.240 e. The van der Waals surface area contributed by atoms with Crippen molar-refractivity contribution >= 4 is 26.5 Å². The van der Waals surface area contributed by atoms with Gasteiger partial charge in [0, 0.05) is 30.7 Å². The zero-order valence-electron chi connectivity index (χ0n) is 11.4. The van der Waals surface area contributed by atoms with Crippen LogP contribution in [0.4, 0.5) is 13.9 Å². The van der Waals surface area contributed by atoms with Gasteiger partial charge in [-0.25, -0.2) is 26.9 Å². The third-order valence-corrected chi connectivity index (χ3v) is 5.75. The minimum Gasteiger partial charge on any atom is -0.346 e. The lowest BCUT2D eigenvalue weighted by atomic mass is 10.3. The van der Waals surface area contributed by atoms with Crippen LogP contribution in [-0.2, 0) is 10.0 Å². The highest BCUT2D eigenvalue weighted by Gasteiger charge is 2.28. The maximum absolute atomic E-state index is 13.2. The van der Waals surface area contributed by atoms with Crippen molar-refractivity contribution in [3.8, 4) is 0 Å². The molecule has 1 N–H and O–H groups in total. The van der Waals surface area contributed by atoms with Crippen LogP contribution in [0, 0.1) is 11.6 Å². The molecule has 118 valence electrons. The Balaban J connectivity index is 1.71.